The van der Waals surface area contributed by atoms with Gasteiger partial charge in [0.25, 0.3) is 5.91 Å². The van der Waals surface area contributed by atoms with Gasteiger partial charge in [0.2, 0.25) is 0 Å². The van der Waals surface area contributed by atoms with E-state index in [1.807, 2.05) is 6.92 Å². The number of nitriles is 1. The van der Waals surface area contributed by atoms with Gasteiger partial charge in [-0.2, -0.15) is 18.4 Å². The predicted octanol–water partition coefficient (Wildman–Crippen LogP) is 2.68. The number of alkyl halides is 3. The Balaban J connectivity index is 2.46. The summed E-state index contributed by atoms with van der Waals surface area (Å²) in [5, 5.41) is 18.3. The lowest BCUT2D eigenvalue weighted by Crippen LogP contribution is -2.29. The molecule has 0 saturated carbocycles. The van der Waals surface area contributed by atoms with Gasteiger partial charge in [-0.3, -0.25) is 4.79 Å². The summed E-state index contributed by atoms with van der Waals surface area (Å²) in [5.41, 5.74) is -1.27. The molecule has 0 aromatic heterocycles. The van der Waals surface area contributed by atoms with Crippen molar-refractivity contribution < 1.29 is 23.1 Å². The van der Waals surface area contributed by atoms with Crippen molar-refractivity contribution in [3.63, 3.8) is 0 Å². The number of benzene rings is 1. The number of carbonyl (C=O) groups is 1. The second-order valence-corrected chi connectivity index (χ2v) is 4.77. The van der Waals surface area contributed by atoms with Crippen LogP contribution in [0.5, 0.6) is 5.75 Å². The van der Waals surface area contributed by atoms with E-state index in [-0.39, 0.29) is 5.56 Å². The number of halogens is 3. The highest BCUT2D eigenvalue weighted by molar-refractivity contribution is 5.95. The molecule has 1 amide bonds. The van der Waals surface area contributed by atoms with Gasteiger partial charge in [0.15, 0.2) is 0 Å². The highest BCUT2D eigenvalue weighted by Crippen LogP contribution is 2.38. The van der Waals surface area contributed by atoms with E-state index in [0.717, 1.165) is 11.6 Å². The van der Waals surface area contributed by atoms with E-state index in [4.69, 9.17) is 5.26 Å². The van der Waals surface area contributed by atoms with Crippen molar-refractivity contribution in [2.24, 2.45) is 0 Å². The van der Waals surface area contributed by atoms with E-state index < -0.39 is 29.0 Å². The molecule has 0 saturated heterocycles. The van der Waals surface area contributed by atoms with Crippen LogP contribution in [0.1, 0.15) is 28.4 Å². The third-order valence-corrected chi connectivity index (χ3v) is 3.17. The van der Waals surface area contributed by atoms with E-state index in [9.17, 15) is 23.1 Å². The van der Waals surface area contributed by atoms with Gasteiger partial charge in [-0.1, -0.05) is 11.6 Å². The van der Waals surface area contributed by atoms with Crippen LogP contribution in [0.25, 0.3) is 0 Å². The molecule has 2 rings (SSSR count). The molecule has 110 valence electrons. The van der Waals surface area contributed by atoms with Gasteiger partial charge in [-0.25, -0.2) is 0 Å². The number of phenols is 1. The molecule has 0 atom stereocenters. The van der Waals surface area contributed by atoms with Crippen LogP contribution in [0.4, 0.5) is 13.2 Å². The van der Waals surface area contributed by atoms with E-state index in [2.05, 4.69) is 0 Å². The molecule has 4 nitrogen and oxygen atoms in total. The van der Waals surface area contributed by atoms with Gasteiger partial charge >= 0.3 is 6.18 Å². The monoisotopic (exact) mass is 296 g/mol. The third-order valence-electron chi connectivity index (χ3n) is 3.17. The number of nitrogens with zero attached hydrogens (tertiary/aromatic N) is 2. The van der Waals surface area contributed by atoms with Crippen molar-refractivity contribution >= 4 is 5.91 Å². The standard InChI is InChI=1S/C14H11F3N2O2/c1-8-2-3-19(7-8)13(21)9-4-10(6-18)12(20)11(5-9)14(15,16)17/h2,4-5,20H,3,7H2,1H3. The molecule has 1 aliphatic heterocycles. The van der Waals surface area contributed by atoms with Crippen LogP contribution in [0, 0.1) is 11.3 Å². The summed E-state index contributed by atoms with van der Waals surface area (Å²) in [6, 6.07) is 3.02. The lowest BCUT2D eigenvalue weighted by molar-refractivity contribution is -0.138. The van der Waals surface area contributed by atoms with Crippen molar-refractivity contribution in [1.82, 2.24) is 4.90 Å². The number of hydrogen-bond acceptors (Lipinski definition) is 3. The molecule has 0 spiro atoms. The summed E-state index contributed by atoms with van der Waals surface area (Å²) in [6.45, 7) is 2.46. The second kappa shape index (κ2) is 5.13. The summed E-state index contributed by atoms with van der Waals surface area (Å²) in [4.78, 5) is 13.5. The van der Waals surface area contributed by atoms with E-state index in [1.165, 1.54) is 11.0 Å². The molecule has 0 fully saturated rings. The molecule has 7 heteroatoms. The number of hydrogen-bond donors (Lipinski definition) is 1. The van der Waals surface area contributed by atoms with Crippen molar-refractivity contribution in [3.8, 4) is 11.8 Å². The summed E-state index contributed by atoms with van der Waals surface area (Å²) >= 11 is 0. The van der Waals surface area contributed by atoms with Gasteiger partial charge in [0, 0.05) is 18.7 Å². The minimum Gasteiger partial charge on any atom is -0.506 e. The minimum atomic E-state index is -4.84. The lowest BCUT2D eigenvalue weighted by atomic mass is 10.0. The smallest absolute Gasteiger partial charge is 0.420 e. The van der Waals surface area contributed by atoms with Crippen LogP contribution in [0.2, 0.25) is 0 Å². The van der Waals surface area contributed by atoms with Crippen LogP contribution >= 0.6 is 0 Å². The molecular formula is C14H11F3N2O2. The van der Waals surface area contributed by atoms with Crippen LogP contribution < -0.4 is 0 Å². The Bertz CT molecular complexity index is 672. The van der Waals surface area contributed by atoms with Crippen molar-refractivity contribution in [1.29, 1.82) is 5.26 Å². The molecule has 0 bridgehead atoms. The van der Waals surface area contributed by atoms with Gasteiger partial charge in [0.1, 0.15) is 11.8 Å². The average Bonchev–Trinajstić information content (AvgIpc) is 2.83. The summed E-state index contributed by atoms with van der Waals surface area (Å²) in [7, 11) is 0. The first-order valence-electron chi connectivity index (χ1n) is 6.03. The lowest BCUT2D eigenvalue weighted by Gasteiger charge is -2.18. The summed E-state index contributed by atoms with van der Waals surface area (Å²) in [5.74, 6) is -1.76. The minimum absolute atomic E-state index is 0.264. The largest absolute Gasteiger partial charge is 0.506 e. The molecule has 0 radical (unpaired) electrons. The van der Waals surface area contributed by atoms with E-state index in [0.29, 0.717) is 19.2 Å². The second-order valence-electron chi connectivity index (χ2n) is 4.77. The fourth-order valence-corrected chi connectivity index (χ4v) is 2.09. The predicted molar refractivity (Wildman–Crippen MR) is 67.5 cm³/mol. The highest BCUT2D eigenvalue weighted by atomic mass is 19.4. The fraction of sp³-hybridized carbons (Fsp3) is 0.286. The number of phenolic OH excluding ortho intramolecular Hbond substituents is 1. The Morgan fingerprint density at radius 1 is 1.43 bits per heavy atom. The number of aromatic hydroxyl groups is 1. The first-order valence-corrected chi connectivity index (χ1v) is 6.03. The van der Waals surface area contributed by atoms with Crippen LogP contribution in [0.3, 0.4) is 0 Å². The zero-order valence-electron chi connectivity index (χ0n) is 11.0. The maximum absolute atomic E-state index is 12.8. The van der Waals surface area contributed by atoms with Crippen molar-refractivity contribution in [2.75, 3.05) is 13.1 Å². The zero-order chi connectivity index (χ0) is 15.8. The molecule has 21 heavy (non-hydrogen) atoms. The van der Waals surface area contributed by atoms with Crippen LogP contribution in [-0.4, -0.2) is 29.0 Å². The van der Waals surface area contributed by atoms with Gasteiger partial charge in [-0.15, -0.1) is 0 Å². The van der Waals surface area contributed by atoms with Crippen molar-refractivity contribution in [2.45, 2.75) is 13.1 Å². The molecule has 1 aromatic carbocycles. The Labute approximate surface area is 118 Å². The quantitative estimate of drug-likeness (QED) is 0.810. The zero-order valence-corrected chi connectivity index (χ0v) is 11.0. The topological polar surface area (TPSA) is 64.3 Å². The van der Waals surface area contributed by atoms with Crippen LogP contribution in [0.15, 0.2) is 23.8 Å². The Morgan fingerprint density at radius 2 is 2.10 bits per heavy atom. The third kappa shape index (κ3) is 2.84. The van der Waals surface area contributed by atoms with Crippen LogP contribution in [-0.2, 0) is 6.18 Å². The molecule has 1 N–H and O–H groups in total. The Hall–Kier alpha value is -2.49. The Kier molecular flexibility index (Phi) is 3.64. The average molecular weight is 296 g/mol. The van der Waals surface area contributed by atoms with Gasteiger partial charge < -0.3 is 10.0 Å². The first kappa shape index (κ1) is 14.9. The van der Waals surface area contributed by atoms with E-state index >= 15 is 0 Å². The SMILES string of the molecule is CC1=CCN(C(=O)c2cc(C#N)c(O)c(C(F)(F)F)c2)C1. The number of carbonyl (C=O) groups excluding carboxylic acids is 1. The molecular weight excluding hydrogens is 285 g/mol. The normalized spacial score (nSPS) is 14.8. The maximum Gasteiger partial charge on any atom is 0.420 e. The molecule has 0 aliphatic carbocycles. The Morgan fingerprint density at radius 3 is 2.57 bits per heavy atom. The maximum atomic E-state index is 12.8. The molecule has 1 heterocycles. The molecule has 1 aliphatic rings. The number of rotatable bonds is 1. The molecule has 1 aromatic rings. The molecule has 0 unspecified atom stereocenters. The van der Waals surface area contributed by atoms with Gasteiger partial charge in [0.05, 0.1) is 11.1 Å². The summed E-state index contributed by atoms with van der Waals surface area (Å²) < 4.78 is 38.5. The van der Waals surface area contributed by atoms with E-state index in [1.54, 1.807) is 6.08 Å². The fourth-order valence-electron chi connectivity index (χ4n) is 2.09. The summed E-state index contributed by atoms with van der Waals surface area (Å²) in [6.07, 6.45) is -3.04. The number of amides is 1. The van der Waals surface area contributed by atoms with Gasteiger partial charge in [-0.05, 0) is 19.1 Å². The van der Waals surface area contributed by atoms with Crippen molar-refractivity contribution in [3.05, 3.63) is 40.5 Å². The highest BCUT2D eigenvalue weighted by Gasteiger charge is 2.36. The first-order chi connectivity index (χ1) is 9.74.